The van der Waals surface area contributed by atoms with Gasteiger partial charge in [-0.25, -0.2) is 9.97 Å². The minimum atomic E-state index is 0.666. The van der Waals surface area contributed by atoms with Crippen molar-refractivity contribution in [3.63, 3.8) is 0 Å². The fourth-order valence-corrected chi connectivity index (χ4v) is 2.17. The molecule has 6 nitrogen and oxygen atoms in total. The molecule has 21 heavy (non-hydrogen) atoms. The molecular weight excluding hydrogens is 268 g/mol. The molecule has 3 heterocycles. The van der Waals surface area contributed by atoms with Crippen molar-refractivity contribution in [2.75, 3.05) is 0 Å². The molecule has 0 aromatic carbocycles. The largest absolute Gasteiger partial charge is 0.451 e. The Balaban J connectivity index is 1.74. The van der Waals surface area contributed by atoms with Crippen molar-refractivity contribution in [1.29, 1.82) is 0 Å². The zero-order chi connectivity index (χ0) is 14.5. The van der Waals surface area contributed by atoms with E-state index in [0.717, 1.165) is 22.8 Å². The van der Waals surface area contributed by atoms with E-state index in [1.165, 1.54) is 12.8 Å². The van der Waals surface area contributed by atoms with E-state index >= 15 is 0 Å². The van der Waals surface area contributed by atoms with Gasteiger partial charge in [0.1, 0.15) is 12.5 Å². The number of oxazole rings is 2. The molecule has 0 saturated heterocycles. The highest BCUT2D eigenvalue weighted by atomic mass is 16.3. The van der Waals surface area contributed by atoms with Crippen molar-refractivity contribution in [3.05, 3.63) is 66.3 Å². The van der Waals surface area contributed by atoms with Gasteiger partial charge in [-0.15, -0.1) is 0 Å². The van der Waals surface area contributed by atoms with Crippen LogP contribution in [0.25, 0.3) is 0 Å². The summed E-state index contributed by atoms with van der Waals surface area (Å²) >= 11 is 0. The second kappa shape index (κ2) is 6.32. The number of nitrogens with zero attached hydrogens (tertiary/aromatic N) is 4. The van der Waals surface area contributed by atoms with Crippen LogP contribution in [0.15, 0.2) is 52.3 Å². The second-order valence-electron chi connectivity index (χ2n) is 4.88. The topological polar surface area (TPSA) is 68.2 Å². The number of hydrogen-bond acceptors (Lipinski definition) is 6. The van der Waals surface area contributed by atoms with Gasteiger partial charge in [0.15, 0.2) is 12.8 Å². The summed E-state index contributed by atoms with van der Waals surface area (Å²) in [7, 11) is 0. The summed E-state index contributed by atoms with van der Waals surface area (Å²) in [4.78, 5) is 15.1. The van der Waals surface area contributed by atoms with Crippen LogP contribution in [-0.2, 0) is 19.6 Å². The molecule has 0 spiro atoms. The molecule has 0 bridgehead atoms. The third-order valence-electron chi connectivity index (χ3n) is 3.07. The molecule has 0 aliphatic heterocycles. The highest BCUT2D eigenvalue weighted by Crippen LogP contribution is 2.11. The van der Waals surface area contributed by atoms with E-state index < -0.39 is 0 Å². The first-order valence-corrected chi connectivity index (χ1v) is 6.68. The maximum Gasteiger partial charge on any atom is 0.180 e. The minimum absolute atomic E-state index is 0.666. The van der Waals surface area contributed by atoms with Crippen LogP contribution in [0.4, 0.5) is 0 Å². The summed E-state index contributed by atoms with van der Waals surface area (Å²) in [6.07, 6.45) is 6.18. The van der Waals surface area contributed by atoms with Crippen LogP contribution in [0.2, 0.25) is 0 Å². The van der Waals surface area contributed by atoms with E-state index in [-0.39, 0.29) is 0 Å². The Bertz CT molecular complexity index is 629. The lowest BCUT2D eigenvalue weighted by atomic mass is 10.2. The van der Waals surface area contributed by atoms with Gasteiger partial charge in [-0.3, -0.25) is 9.88 Å². The van der Waals surface area contributed by atoms with Crippen LogP contribution in [-0.4, -0.2) is 19.9 Å². The molecular formula is C15H16N4O2. The highest BCUT2D eigenvalue weighted by molar-refractivity contribution is 5.10. The van der Waals surface area contributed by atoms with Gasteiger partial charge in [0, 0.05) is 25.3 Å². The third kappa shape index (κ3) is 3.76. The van der Waals surface area contributed by atoms with Gasteiger partial charge in [0.05, 0.1) is 17.1 Å². The van der Waals surface area contributed by atoms with Crippen LogP contribution in [0, 0.1) is 6.92 Å². The van der Waals surface area contributed by atoms with Gasteiger partial charge in [0.2, 0.25) is 0 Å². The normalized spacial score (nSPS) is 11.1. The van der Waals surface area contributed by atoms with Crippen LogP contribution in [0.3, 0.4) is 0 Å². The molecule has 0 aliphatic carbocycles. The van der Waals surface area contributed by atoms with Crippen molar-refractivity contribution in [3.8, 4) is 0 Å². The van der Waals surface area contributed by atoms with Crippen LogP contribution >= 0.6 is 0 Å². The average Bonchev–Trinajstić information content (AvgIpc) is 3.12. The Morgan fingerprint density at radius 2 is 1.52 bits per heavy atom. The van der Waals surface area contributed by atoms with E-state index in [4.69, 9.17) is 8.83 Å². The maximum atomic E-state index is 5.03. The predicted molar refractivity (Wildman–Crippen MR) is 74.9 cm³/mol. The molecule has 108 valence electrons. The molecule has 0 fully saturated rings. The van der Waals surface area contributed by atoms with E-state index in [1.54, 1.807) is 12.5 Å². The zero-order valence-electron chi connectivity index (χ0n) is 11.8. The van der Waals surface area contributed by atoms with Crippen molar-refractivity contribution >= 4 is 0 Å². The first kappa shape index (κ1) is 13.5. The zero-order valence-corrected chi connectivity index (χ0v) is 11.8. The van der Waals surface area contributed by atoms with Crippen LogP contribution in [0.1, 0.15) is 22.8 Å². The Hall–Kier alpha value is -2.47. The SMILES string of the molecule is Cc1cccc(CN(Cc2cocn2)Cc2cocn2)n1. The van der Waals surface area contributed by atoms with Gasteiger partial charge < -0.3 is 8.83 Å². The lowest BCUT2D eigenvalue weighted by molar-refractivity contribution is 0.238. The third-order valence-corrected chi connectivity index (χ3v) is 3.07. The van der Waals surface area contributed by atoms with E-state index in [0.29, 0.717) is 19.6 Å². The van der Waals surface area contributed by atoms with Gasteiger partial charge in [-0.1, -0.05) is 6.07 Å². The summed E-state index contributed by atoms with van der Waals surface area (Å²) < 4.78 is 10.1. The number of hydrogen-bond donors (Lipinski definition) is 0. The summed E-state index contributed by atoms with van der Waals surface area (Å²) in [5, 5.41) is 0. The van der Waals surface area contributed by atoms with Gasteiger partial charge >= 0.3 is 0 Å². The Kier molecular flexibility index (Phi) is 4.07. The average molecular weight is 284 g/mol. The predicted octanol–water partition coefficient (Wildman–Crippen LogP) is 2.57. The summed E-state index contributed by atoms with van der Waals surface area (Å²) in [5.74, 6) is 0. The van der Waals surface area contributed by atoms with Crippen molar-refractivity contribution in [1.82, 2.24) is 19.9 Å². The molecule has 3 aromatic rings. The molecule has 0 radical (unpaired) electrons. The minimum Gasteiger partial charge on any atom is -0.451 e. The van der Waals surface area contributed by atoms with Crippen molar-refractivity contribution in [2.45, 2.75) is 26.6 Å². The van der Waals surface area contributed by atoms with E-state index in [9.17, 15) is 0 Å². The highest BCUT2D eigenvalue weighted by Gasteiger charge is 2.12. The smallest absolute Gasteiger partial charge is 0.180 e. The summed E-state index contributed by atoms with van der Waals surface area (Å²) in [5.41, 5.74) is 3.79. The van der Waals surface area contributed by atoms with E-state index in [2.05, 4.69) is 19.9 Å². The molecule has 0 unspecified atom stereocenters. The second-order valence-corrected chi connectivity index (χ2v) is 4.88. The lowest BCUT2D eigenvalue weighted by Crippen LogP contribution is -2.23. The monoisotopic (exact) mass is 284 g/mol. The number of aryl methyl sites for hydroxylation is 1. The van der Waals surface area contributed by atoms with Crippen molar-refractivity contribution in [2.24, 2.45) is 0 Å². The Labute approximate surface area is 122 Å². The molecule has 0 saturated carbocycles. The number of rotatable bonds is 6. The maximum absolute atomic E-state index is 5.03. The van der Waals surface area contributed by atoms with Crippen molar-refractivity contribution < 1.29 is 8.83 Å². The fourth-order valence-electron chi connectivity index (χ4n) is 2.17. The molecule has 0 N–H and O–H groups in total. The molecule has 0 amide bonds. The van der Waals surface area contributed by atoms with Gasteiger partial charge in [0.25, 0.3) is 0 Å². The Morgan fingerprint density at radius 3 is 2.05 bits per heavy atom. The molecule has 0 aliphatic rings. The first-order chi connectivity index (χ1) is 10.3. The molecule has 0 atom stereocenters. The van der Waals surface area contributed by atoms with Gasteiger partial charge in [-0.2, -0.15) is 0 Å². The quantitative estimate of drug-likeness (QED) is 0.693. The van der Waals surface area contributed by atoms with E-state index in [1.807, 2.05) is 25.1 Å². The molecule has 3 aromatic heterocycles. The number of pyridine rings is 1. The number of aromatic nitrogens is 3. The standard InChI is InChI=1S/C15H16N4O2/c1-12-3-2-4-13(18-12)5-19(6-14-8-20-10-16-14)7-15-9-21-11-17-15/h2-4,8-11H,5-7H2,1H3. The molecule has 3 rings (SSSR count). The van der Waals surface area contributed by atoms with Crippen LogP contribution < -0.4 is 0 Å². The first-order valence-electron chi connectivity index (χ1n) is 6.68. The lowest BCUT2D eigenvalue weighted by Gasteiger charge is -2.19. The molecule has 6 heteroatoms. The fraction of sp³-hybridized carbons (Fsp3) is 0.267. The Morgan fingerprint density at radius 1 is 0.905 bits per heavy atom. The van der Waals surface area contributed by atoms with Crippen LogP contribution in [0.5, 0.6) is 0 Å². The van der Waals surface area contributed by atoms with Gasteiger partial charge in [-0.05, 0) is 19.1 Å². The summed E-state index contributed by atoms with van der Waals surface area (Å²) in [6.45, 7) is 4.03. The summed E-state index contributed by atoms with van der Waals surface area (Å²) in [6, 6.07) is 6.02.